The van der Waals surface area contributed by atoms with E-state index in [1.165, 1.54) is 29.6 Å². The molecule has 1 aliphatic carbocycles. The van der Waals surface area contributed by atoms with Crippen LogP contribution in [0.4, 0.5) is 5.13 Å². The molecule has 1 saturated carbocycles. The van der Waals surface area contributed by atoms with Crippen LogP contribution in [0, 0.1) is 0 Å². The molecular formula is C14H21N3O3S. The van der Waals surface area contributed by atoms with Gasteiger partial charge in [0.15, 0.2) is 5.13 Å². The number of carbonyl (C=O) groups is 2. The van der Waals surface area contributed by atoms with Crippen LogP contribution >= 0.6 is 11.3 Å². The number of rotatable bonds is 5. The van der Waals surface area contributed by atoms with Crippen LogP contribution in [-0.2, 0) is 9.53 Å². The highest BCUT2D eigenvalue weighted by Gasteiger charge is 2.21. The van der Waals surface area contributed by atoms with Crippen LogP contribution in [0.3, 0.4) is 0 Å². The first-order valence-electron chi connectivity index (χ1n) is 7.28. The van der Waals surface area contributed by atoms with Gasteiger partial charge in [0.05, 0.1) is 6.10 Å². The zero-order valence-corrected chi connectivity index (χ0v) is 12.9. The maximum Gasteiger partial charge on any atom is 0.268 e. The Labute approximate surface area is 128 Å². The molecular weight excluding hydrogens is 290 g/mol. The maximum absolute atomic E-state index is 12.1. The second-order valence-corrected chi connectivity index (χ2v) is 6.14. The van der Waals surface area contributed by atoms with Gasteiger partial charge in [0.2, 0.25) is 0 Å². The van der Waals surface area contributed by atoms with Gasteiger partial charge in [-0.25, -0.2) is 4.98 Å². The Hall–Kier alpha value is -1.47. The molecule has 1 fully saturated rings. The van der Waals surface area contributed by atoms with Crippen molar-refractivity contribution in [3.05, 3.63) is 11.1 Å². The van der Waals surface area contributed by atoms with Gasteiger partial charge in [0.1, 0.15) is 11.8 Å². The Balaban J connectivity index is 1.84. The number of hydrogen-bond donors (Lipinski definition) is 2. The van der Waals surface area contributed by atoms with Gasteiger partial charge >= 0.3 is 0 Å². The number of thiazole rings is 1. The lowest BCUT2D eigenvalue weighted by Crippen LogP contribution is -2.31. The number of anilines is 1. The largest absolute Gasteiger partial charge is 0.365 e. The first-order valence-corrected chi connectivity index (χ1v) is 8.16. The Kier molecular flexibility index (Phi) is 5.69. The molecule has 1 atom stereocenters. The quantitative estimate of drug-likeness (QED) is 0.816. The van der Waals surface area contributed by atoms with Gasteiger partial charge < -0.3 is 10.5 Å². The summed E-state index contributed by atoms with van der Waals surface area (Å²) in [6, 6.07) is 0. The molecule has 0 aliphatic heterocycles. The molecule has 2 rings (SSSR count). The van der Waals surface area contributed by atoms with Gasteiger partial charge in [0, 0.05) is 5.38 Å². The Morgan fingerprint density at radius 3 is 2.62 bits per heavy atom. The Morgan fingerprint density at radius 1 is 1.38 bits per heavy atom. The Bertz CT molecular complexity index is 495. The van der Waals surface area contributed by atoms with Crippen LogP contribution in [0.15, 0.2) is 5.38 Å². The summed E-state index contributed by atoms with van der Waals surface area (Å²) in [6.07, 6.45) is 6.47. The summed E-state index contributed by atoms with van der Waals surface area (Å²) in [6.45, 7) is 1.74. The molecule has 116 valence electrons. The molecule has 0 spiro atoms. The van der Waals surface area contributed by atoms with Crippen molar-refractivity contribution < 1.29 is 14.3 Å². The van der Waals surface area contributed by atoms with Crippen molar-refractivity contribution in [1.29, 1.82) is 0 Å². The number of carbonyl (C=O) groups excluding carboxylic acids is 2. The SMILES string of the molecule is CC(OC1CCCCCC1)C(=O)Nc1nc(C(N)=O)cs1. The van der Waals surface area contributed by atoms with Crippen molar-refractivity contribution in [3.8, 4) is 0 Å². The van der Waals surface area contributed by atoms with E-state index < -0.39 is 12.0 Å². The number of nitrogens with one attached hydrogen (secondary N) is 1. The van der Waals surface area contributed by atoms with E-state index in [0.29, 0.717) is 5.13 Å². The fourth-order valence-corrected chi connectivity index (χ4v) is 3.08. The molecule has 7 heteroatoms. The molecule has 3 N–H and O–H groups in total. The minimum Gasteiger partial charge on any atom is -0.365 e. The molecule has 1 aliphatic rings. The van der Waals surface area contributed by atoms with Crippen LogP contribution in [0.25, 0.3) is 0 Å². The van der Waals surface area contributed by atoms with E-state index in [1.54, 1.807) is 6.92 Å². The molecule has 0 bridgehead atoms. The zero-order chi connectivity index (χ0) is 15.2. The summed E-state index contributed by atoms with van der Waals surface area (Å²) < 4.78 is 5.83. The molecule has 21 heavy (non-hydrogen) atoms. The number of primary amides is 1. The van der Waals surface area contributed by atoms with Crippen molar-refractivity contribution >= 4 is 28.3 Å². The van der Waals surface area contributed by atoms with Crippen molar-refractivity contribution in [2.24, 2.45) is 5.73 Å². The molecule has 6 nitrogen and oxygen atoms in total. The van der Waals surface area contributed by atoms with Gasteiger partial charge in [-0.05, 0) is 19.8 Å². The van der Waals surface area contributed by atoms with Gasteiger partial charge in [-0.2, -0.15) is 0 Å². The van der Waals surface area contributed by atoms with E-state index in [2.05, 4.69) is 10.3 Å². The van der Waals surface area contributed by atoms with Gasteiger partial charge in [-0.15, -0.1) is 11.3 Å². The van der Waals surface area contributed by atoms with Crippen molar-refractivity contribution in [2.75, 3.05) is 5.32 Å². The van der Waals surface area contributed by atoms with E-state index in [-0.39, 0.29) is 17.7 Å². The second-order valence-electron chi connectivity index (χ2n) is 5.28. The first kappa shape index (κ1) is 15.9. The summed E-state index contributed by atoms with van der Waals surface area (Å²) in [7, 11) is 0. The van der Waals surface area contributed by atoms with E-state index in [0.717, 1.165) is 25.7 Å². The highest BCUT2D eigenvalue weighted by Crippen LogP contribution is 2.21. The summed E-state index contributed by atoms with van der Waals surface area (Å²) in [5.41, 5.74) is 5.28. The van der Waals surface area contributed by atoms with E-state index in [4.69, 9.17) is 10.5 Å². The van der Waals surface area contributed by atoms with Crippen molar-refractivity contribution in [1.82, 2.24) is 4.98 Å². The molecule has 2 amide bonds. The van der Waals surface area contributed by atoms with Crippen LogP contribution in [0.1, 0.15) is 55.9 Å². The van der Waals surface area contributed by atoms with Gasteiger partial charge in [-0.3, -0.25) is 14.9 Å². The van der Waals surface area contributed by atoms with Crippen LogP contribution in [-0.4, -0.2) is 29.0 Å². The number of hydrogen-bond acceptors (Lipinski definition) is 5. The summed E-state index contributed by atoms with van der Waals surface area (Å²) >= 11 is 1.17. The third-order valence-corrected chi connectivity index (χ3v) is 4.31. The normalized spacial score (nSPS) is 18.0. The fraction of sp³-hybridized carbons (Fsp3) is 0.643. The summed E-state index contributed by atoms with van der Waals surface area (Å²) in [5, 5.41) is 4.55. The van der Waals surface area contributed by atoms with Gasteiger partial charge in [-0.1, -0.05) is 25.7 Å². The topological polar surface area (TPSA) is 94.3 Å². The standard InChI is InChI=1S/C14H21N3O3S/c1-9(20-10-6-4-2-3-5-7-10)13(19)17-14-16-11(8-21-14)12(15)18/h8-10H,2-7H2,1H3,(H2,15,18)(H,16,17,19). The van der Waals surface area contributed by atoms with E-state index in [1.807, 2.05) is 0 Å². The van der Waals surface area contributed by atoms with E-state index >= 15 is 0 Å². The first-order chi connectivity index (χ1) is 10.1. The van der Waals surface area contributed by atoms with Crippen LogP contribution in [0.5, 0.6) is 0 Å². The monoisotopic (exact) mass is 311 g/mol. The lowest BCUT2D eigenvalue weighted by Gasteiger charge is -2.20. The Morgan fingerprint density at radius 2 is 2.05 bits per heavy atom. The number of nitrogens with zero attached hydrogens (tertiary/aromatic N) is 1. The summed E-state index contributed by atoms with van der Waals surface area (Å²) in [4.78, 5) is 27.0. The highest BCUT2D eigenvalue weighted by molar-refractivity contribution is 7.14. The number of amides is 2. The van der Waals surface area contributed by atoms with Crippen molar-refractivity contribution in [2.45, 2.75) is 57.7 Å². The number of ether oxygens (including phenoxy) is 1. The molecule has 1 aromatic rings. The molecule has 0 aromatic carbocycles. The number of aromatic nitrogens is 1. The average molecular weight is 311 g/mol. The zero-order valence-electron chi connectivity index (χ0n) is 12.1. The highest BCUT2D eigenvalue weighted by atomic mass is 32.1. The predicted octanol–water partition coefficient (Wildman–Crippen LogP) is 2.31. The summed E-state index contributed by atoms with van der Waals surface area (Å²) in [5.74, 6) is -0.848. The smallest absolute Gasteiger partial charge is 0.268 e. The van der Waals surface area contributed by atoms with E-state index in [9.17, 15) is 9.59 Å². The average Bonchev–Trinajstić information content (AvgIpc) is 2.76. The van der Waals surface area contributed by atoms with Crippen LogP contribution in [0.2, 0.25) is 0 Å². The van der Waals surface area contributed by atoms with Gasteiger partial charge in [0.25, 0.3) is 11.8 Å². The van der Waals surface area contributed by atoms with Crippen LogP contribution < -0.4 is 11.1 Å². The lowest BCUT2D eigenvalue weighted by molar-refractivity contribution is -0.130. The third-order valence-electron chi connectivity index (χ3n) is 3.55. The molecule has 1 aromatic heterocycles. The molecule has 0 radical (unpaired) electrons. The lowest BCUT2D eigenvalue weighted by atomic mass is 10.1. The predicted molar refractivity (Wildman–Crippen MR) is 81.3 cm³/mol. The molecule has 0 saturated heterocycles. The molecule has 1 unspecified atom stereocenters. The second kappa shape index (κ2) is 7.51. The number of nitrogens with two attached hydrogens (primary N) is 1. The minimum absolute atomic E-state index is 0.158. The third kappa shape index (κ3) is 4.78. The fourth-order valence-electron chi connectivity index (χ4n) is 2.38. The minimum atomic E-state index is -0.602. The maximum atomic E-state index is 12.1. The molecule has 1 heterocycles. The van der Waals surface area contributed by atoms with Crippen molar-refractivity contribution in [3.63, 3.8) is 0 Å².